The first-order valence-corrected chi connectivity index (χ1v) is 12.8. The Morgan fingerprint density at radius 2 is 1.69 bits per heavy atom. The molecule has 4 rings (SSSR count). The zero-order valence-corrected chi connectivity index (χ0v) is 20.9. The van der Waals surface area contributed by atoms with E-state index in [9.17, 15) is 9.90 Å². The van der Waals surface area contributed by atoms with Crippen LogP contribution in [0.2, 0.25) is 0 Å². The lowest BCUT2D eigenvalue weighted by molar-refractivity contribution is 0.0773. The van der Waals surface area contributed by atoms with Gasteiger partial charge < -0.3 is 15.3 Å². The van der Waals surface area contributed by atoms with Crippen LogP contribution in [0, 0.1) is 0 Å². The fourth-order valence-corrected chi connectivity index (χ4v) is 4.93. The highest BCUT2D eigenvalue weighted by atomic mass is 16.3. The van der Waals surface area contributed by atoms with E-state index in [1.807, 2.05) is 43.0 Å². The van der Waals surface area contributed by atoms with E-state index in [1.165, 1.54) is 22.3 Å². The molecule has 0 fully saturated rings. The maximum absolute atomic E-state index is 12.8. The Balaban J connectivity index is 1.54. The summed E-state index contributed by atoms with van der Waals surface area (Å²) in [6.07, 6.45) is 4.11. The molecule has 0 unspecified atom stereocenters. The molecule has 4 heteroatoms. The number of rotatable bonds is 10. The number of phenols is 1. The van der Waals surface area contributed by atoms with Gasteiger partial charge in [-0.05, 0) is 104 Å². The second-order valence-electron chi connectivity index (χ2n) is 9.14. The maximum Gasteiger partial charge on any atom is 0.253 e. The van der Waals surface area contributed by atoms with Crippen molar-refractivity contribution in [2.45, 2.75) is 39.5 Å². The fourth-order valence-electron chi connectivity index (χ4n) is 4.93. The molecule has 4 nitrogen and oxygen atoms in total. The van der Waals surface area contributed by atoms with Crippen LogP contribution < -0.4 is 5.32 Å². The number of carbonyl (C=O) groups excluding carboxylic acids is 1. The standard InChI is InChI=1S/C31H36N2O2/c1-3-33(4-2)31(35)26-15-13-25(14-16-26)30-27(17-12-24-18-19-28(34)21-29(24)30)22-32-20-8-11-23-9-6-5-7-10-23/h5-7,9-10,13-16,18-19,21,32,34H,3-4,8,11-12,17,20,22H2,1-2H3. The number of nitrogens with one attached hydrogen (secondary N) is 1. The average Bonchev–Trinajstić information content (AvgIpc) is 2.89. The minimum Gasteiger partial charge on any atom is -0.508 e. The monoisotopic (exact) mass is 468 g/mol. The molecule has 0 bridgehead atoms. The van der Waals surface area contributed by atoms with Gasteiger partial charge in [-0.1, -0.05) is 48.5 Å². The average molecular weight is 469 g/mol. The van der Waals surface area contributed by atoms with E-state index in [1.54, 1.807) is 6.07 Å². The molecular formula is C31H36N2O2. The molecule has 0 aromatic heterocycles. The zero-order chi connectivity index (χ0) is 24.6. The van der Waals surface area contributed by atoms with Gasteiger partial charge in [-0.15, -0.1) is 0 Å². The summed E-state index contributed by atoms with van der Waals surface area (Å²) in [7, 11) is 0. The Hall–Kier alpha value is -3.37. The van der Waals surface area contributed by atoms with Gasteiger partial charge in [0.2, 0.25) is 0 Å². The van der Waals surface area contributed by atoms with Crippen molar-refractivity contribution in [3.63, 3.8) is 0 Å². The smallest absolute Gasteiger partial charge is 0.253 e. The molecule has 3 aromatic rings. The minimum atomic E-state index is 0.0672. The normalized spacial score (nSPS) is 13.0. The highest BCUT2D eigenvalue weighted by Crippen LogP contribution is 2.37. The van der Waals surface area contributed by atoms with Crippen LogP contribution >= 0.6 is 0 Å². The molecular weight excluding hydrogens is 432 g/mol. The van der Waals surface area contributed by atoms with Crippen LogP contribution in [0.4, 0.5) is 0 Å². The third-order valence-electron chi connectivity index (χ3n) is 6.88. The van der Waals surface area contributed by atoms with Crippen molar-refractivity contribution < 1.29 is 9.90 Å². The van der Waals surface area contributed by atoms with Crippen LogP contribution in [0.5, 0.6) is 5.75 Å². The topological polar surface area (TPSA) is 52.6 Å². The van der Waals surface area contributed by atoms with Crippen molar-refractivity contribution in [2.75, 3.05) is 26.2 Å². The minimum absolute atomic E-state index is 0.0672. The van der Waals surface area contributed by atoms with E-state index in [-0.39, 0.29) is 11.7 Å². The highest BCUT2D eigenvalue weighted by Gasteiger charge is 2.21. The Morgan fingerprint density at radius 3 is 2.40 bits per heavy atom. The fraction of sp³-hybridized carbons (Fsp3) is 0.323. The summed E-state index contributed by atoms with van der Waals surface area (Å²) in [6, 6.07) is 24.3. The van der Waals surface area contributed by atoms with Crippen molar-refractivity contribution >= 4 is 11.5 Å². The number of hydrogen-bond donors (Lipinski definition) is 2. The number of aromatic hydroxyl groups is 1. The third-order valence-corrected chi connectivity index (χ3v) is 6.88. The van der Waals surface area contributed by atoms with Crippen LogP contribution in [-0.2, 0) is 12.8 Å². The Labute approximate surface area is 209 Å². The summed E-state index contributed by atoms with van der Waals surface area (Å²) in [4.78, 5) is 14.6. The Kier molecular flexibility index (Phi) is 8.38. The van der Waals surface area contributed by atoms with Gasteiger partial charge in [0.25, 0.3) is 5.91 Å². The second kappa shape index (κ2) is 11.9. The van der Waals surface area contributed by atoms with E-state index >= 15 is 0 Å². The summed E-state index contributed by atoms with van der Waals surface area (Å²) < 4.78 is 0. The van der Waals surface area contributed by atoms with Crippen LogP contribution in [0.1, 0.15) is 59.3 Å². The molecule has 0 aliphatic heterocycles. The highest BCUT2D eigenvalue weighted by molar-refractivity contribution is 5.95. The van der Waals surface area contributed by atoms with Gasteiger partial charge in [-0.2, -0.15) is 0 Å². The number of amides is 1. The van der Waals surface area contributed by atoms with Gasteiger partial charge in [0.15, 0.2) is 0 Å². The molecule has 0 heterocycles. The van der Waals surface area contributed by atoms with Gasteiger partial charge in [0.1, 0.15) is 5.75 Å². The van der Waals surface area contributed by atoms with Crippen LogP contribution in [0.25, 0.3) is 5.57 Å². The largest absolute Gasteiger partial charge is 0.508 e. The number of fused-ring (bicyclic) bond motifs is 1. The first-order chi connectivity index (χ1) is 17.1. The molecule has 182 valence electrons. The van der Waals surface area contributed by atoms with Gasteiger partial charge in [-0.25, -0.2) is 0 Å². The van der Waals surface area contributed by atoms with Crippen LogP contribution in [0.15, 0.2) is 78.4 Å². The predicted molar refractivity (Wildman–Crippen MR) is 144 cm³/mol. The van der Waals surface area contributed by atoms with Gasteiger partial charge >= 0.3 is 0 Å². The molecule has 2 N–H and O–H groups in total. The molecule has 0 radical (unpaired) electrons. The summed E-state index contributed by atoms with van der Waals surface area (Å²) in [6.45, 7) is 7.19. The van der Waals surface area contributed by atoms with Crippen molar-refractivity contribution in [2.24, 2.45) is 0 Å². The van der Waals surface area contributed by atoms with Crippen molar-refractivity contribution in [3.05, 3.63) is 106 Å². The Bertz CT molecular complexity index is 1160. The van der Waals surface area contributed by atoms with E-state index in [4.69, 9.17) is 0 Å². The molecule has 1 aliphatic carbocycles. The molecule has 3 aromatic carbocycles. The first kappa shape index (κ1) is 24.7. The molecule has 35 heavy (non-hydrogen) atoms. The summed E-state index contributed by atoms with van der Waals surface area (Å²) in [5.41, 5.74) is 8.06. The van der Waals surface area contributed by atoms with Crippen LogP contribution in [0.3, 0.4) is 0 Å². The number of phenolic OH excluding ortho intramolecular Hbond substituents is 1. The molecule has 0 spiro atoms. The summed E-state index contributed by atoms with van der Waals surface area (Å²) in [5, 5.41) is 13.9. The lowest BCUT2D eigenvalue weighted by atomic mass is 9.81. The van der Waals surface area contributed by atoms with E-state index in [0.29, 0.717) is 18.7 Å². The summed E-state index contributed by atoms with van der Waals surface area (Å²) in [5.74, 6) is 0.351. The van der Waals surface area contributed by atoms with Crippen molar-refractivity contribution in [1.82, 2.24) is 10.2 Å². The molecule has 1 aliphatic rings. The Morgan fingerprint density at radius 1 is 0.943 bits per heavy atom. The lowest BCUT2D eigenvalue weighted by Gasteiger charge is -2.25. The first-order valence-electron chi connectivity index (χ1n) is 12.8. The maximum atomic E-state index is 12.8. The predicted octanol–water partition coefficient (Wildman–Crippen LogP) is 5.84. The van der Waals surface area contributed by atoms with Gasteiger partial charge in [0, 0.05) is 25.2 Å². The van der Waals surface area contributed by atoms with Crippen molar-refractivity contribution in [1.29, 1.82) is 0 Å². The van der Waals surface area contributed by atoms with E-state index in [2.05, 4.69) is 47.8 Å². The SMILES string of the molecule is CCN(CC)C(=O)c1ccc(C2=C(CNCCCc3ccccc3)CCc3ccc(O)cc32)cc1. The molecule has 1 amide bonds. The van der Waals surface area contributed by atoms with Crippen LogP contribution in [-0.4, -0.2) is 42.1 Å². The third kappa shape index (κ3) is 6.01. The number of benzene rings is 3. The van der Waals surface area contributed by atoms with Gasteiger partial charge in [0.05, 0.1) is 0 Å². The van der Waals surface area contributed by atoms with Crippen molar-refractivity contribution in [3.8, 4) is 5.75 Å². The van der Waals surface area contributed by atoms with E-state index in [0.717, 1.165) is 49.9 Å². The number of nitrogens with zero attached hydrogens (tertiary/aromatic N) is 1. The lowest BCUT2D eigenvalue weighted by Crippen LogP contribution is -2.30. The van der Waals surface area contributed by atoms with E-state index < -0.39 is 0 Å². The quantitative estimate of drug-likeness (QED) is 0.367. The van der Waals surface area contributed by atoms with Gasteiger partial charge in [-0.3, -0.25) is 4.79 Å². The summed E-state index contributed by atoms with van der Waals surface area (Å²) >= 11 is 0. The number of aryl methyl sites for hydroxylation is 2. The number of carbonyl (C=O) groups is 1. The molecule has 0 saturated carbocycles. The molecule has 0 atom stereocenters. The number of hydrogen-bond acceptors (Lipinski definition) is 3. The molecule has 0 saturated heterocycles. The second-order valence-corrected chi connectivity index (χ2v) is 9.14. The zero-order valence-electron chi connectivity index (χ0n) is 20.9.